The van der Waals surface area contributed by atoms with Crippen molar-refractivity contribution in [3.8, 4) is 0 Å². The van der Waals surface area contributed by atoms with E-state index in [4.69, 9.17) is 14.6 Å². The van der Waals surface area contributed by atoms with Gasteiger partial charge in [0.2, 0.25) is 0 Å². The number of allylic oxidation sites excluding steroid dienone is 3. The van der Waals surface area contributed by atoms with Crippen molar-refractivity contribution < 1.29 is 24.2 Å². The van der Waals surface area contributed by atoms with Crippen LogP contribution in [0.5, 0.6) is 0 Å². The van der Waals surface area contributed by atoms with Crippen LogP contribution in [0.25, 0.3) is 0 Å². The molecular weight excluding hydrogens is 308 g/mol. The molecule has 1 saturated heterocycles. The number of Topliss-reactive ketones (excluding diaryl/α,β-unsaturated/α-hetero) is 1. The maximum atomic E-state index is 11.3. The molecule has 1 aliphatic heterocycles. The van der Waals surface area contributed by atoms with Crippen LogP contribution in [0.4, 0.5) is 0 Å². The molecule has 0 aromatic heterocycles. The molecule has 5 heteroatoms. The molecule has 0 saturated carbocycles. The Morgan fingerprint density at radius 1 is 1.21 bits per heavy atom. The van der Waals surface area contributed by atoms with Crippen LogP contribution in [0.15, 0.2) is 23.3 Å². The third-order valence-corrected chi connectivity index (χ3v) is 4.16. The van der Waals surface area contributed by atoms with Gasteiger partial charge in [-0.3, -0.25) is 9.59 Å². The smallest absolute Gasteiger partial charge is 0.314 e. The third kappa shape index (κ3) is 8.41. The summed E-state index contributed by atoms with van der Waals surface area (Å²) >= 11 is 0. The number of carbonyl (C=O) groups is 2. The molecule has 2 atom stereocenters. The van der Waals surface area contributed by atoms with E-state index in [-0.39, 0.29) is 18.5 Å². The molecule has 136 valence electrons. The van der Waals surface area contributed by atoms with E-state index in [9.17, 15) is 9.59 Å². The fourth-order valence-corrected chi connectivity index (χ4v) is 2.53. The van der Waals surface area contributed by atoms with Crippen molar-refractivity contribution in [3.63, 3.8) is 0 Å². The van der Waals surface area contributed by atoms with Crippen molar-refractivity contribution >= 4 is 11.8 Å². The molecule has 1 N–H and O–H groups in total. The molecule has 0 aromatic carbocycles. The summed E-state index contributed by atoms with van der Waals surface area (Å²) < 4.78 is 11.3. The highest BCUT2D eigenvalue weighted by Crippen LogP contribution is 2.15. The van der Waals surface area contributed by atoms with Gasteiger partial charge in [0.1, 0.15) is 11.7 Å². The molecular formula is C19H30O5. The molecule has 0 amide bonds. The van der Waals surface area contributed by atoms with E-state index in [1.165, 1.54) is 12.5 Å². The molecule has 0 aromatic rings. The summed E-state index contributed by atoms with van der Waals surface area (Å²) in [5.74, 6) is -2.28. The maximum absolute atomic E-state index is 11.3. The standard InChI is InChI=1S/C19H30O5/c1-14(10-11-17(16(3)20)19(21)22)7-6-8-15(2)13-24-18-9-4-5-12-23-18/h8,10,17-18H,4-7,9,11-13H2,1-3H3,(H,21,22). The lowest BCUT2D eigenvalue weighted by atomic mass is 9.99. The van der Waals surface area contributed by atoms with Crippen molar-refractivity contribution in [2.75, 3.05) is 13.2 Å². The summed E-state index contributed by atoms with van der Waals surface area (Å²) in [6.07, 6.45) is 9.17. The minimum atomic E-state index is -1.05. The Kier molecular flexibility index (Phi) is 9.57. The van der Waals surface area contributed by atoms with Gasteiger partial charge in [0.25, 0.3) is 0 Å². The lowest BCUT2D eigenvalue weighted by Gasteiger charge is -2.22. The van der Waals surface area contributed by atoms with Gasteiger partial charge in [-0.15, -0.1) is 0 Å². The Bertz CT molecular complexity index is 458. The van der Waals surface area contributed by atoms with Crippen molar-refractivity contribution in [1.29, 1.82) is 0 Å². The van der Waals surface area contributed by atoms with E-state index < -0.39 is 11.9 Å². The maximum Gasteiger partial charge on any atom is 0.314 e. The second-order valence-electron chi connectivity index (χ2n) is 6.48. The van der Waals surface area contributed by atoms with Gasteiger partial charge in [-0.05, 0) is 59.3 Å². The minimum absolute atomic E-state index is 0.0664. The Morgan fingerprint density at radius 3 is 2.54 bits per heavy atom. The van der Waals surface area contributed by atoms with Crippen LogP contribution in [-0.4, -0.2) is 36.4 Å². The molecule has 0 bridgehead atoms. The number of carboxylic acid groups (broad SMARTS) is 1. The SMILES string of the molecule is CC(=O)C(CC=C(C)CCC=C(C)COC1CCCCO1)C(=O)O. The van der Waals surface area contributed by atoms with Crippen LogP contribution in [-0.2, 0) is 19.1 Å². The number of ether oxygens (including phenoxy) is 2. The van der Waals surface area contributed by atoms with Crippen LogP contribution >= 0.6 is 0 Å². The van der Waals surface area contributed by atoms with E-state index in [0.29, 0.717) is 6.61 Å². The Hall–Kier alpha value is -1.46. The van der Waals surface area contributed by atoms with Crippen molar-refractivity contribution in [2.45, 2.75) is 65.6 Å². The first-order chi connectivity index (χ1) is 11.4. The number of ketones is 1. The molecule has 2 unspecified atom stereocenters. The third-order valence-electron chi connectivity index (χ3n) is 4.16. The molecule has 0 aliphatic carbocycles. The van der Waals surface area contributed by atoms with Gasteiger partial charge in [-0.25, -0.2) is 0 Å². The zero-order valence-corrected chi connectivity index (χ0v) is 15.0. The molecule has 5 nitrogen and oxygen atoms in total. The highest BCUT2D eigenvalue weighted by atomic mass is 16.7. The second-order valence-corrected chi connectivity index (χ2v) is 6.48. The summed E-state index contributed by atoms with van der Waals surface area (Å²) in [7, 11) is 0. The van der Waals surface area contributed by atoms with Crippen LogP contribution < -0.4 is 0 Å². The molecule has 24 heavy (non-hydrogen) atoms. The quantitative estimate of drug-likeness (QED) is 0.483. The number of carboxylic acids is 1. The van der Waals surface area contributed by atoms with Gasteiger partial charge in [0.05, 0.1) is 6.61 Å². The Morgan fingerprint density at radius 2 is 1.96 bits per heavy atom. The Balaban J connectivity index is 2.29. The van der Waals surface area contributed by atoms with Gasteiger partial charge in [-0.2, -0.15) is 0 Å². The number of aliphatic carboxylic acids is 1. The van der Waals surface area contributed by atoms with E-state index in [2.05, 4.69) is 6.08 Å². The average Bonchev–Trinajstić information content (AvgIpc) is 2.53. The van der Waals surface area contributed by atoms with Gasteiger partial charge in [0, 0.05) is 6.61 Å². The topological polar surface area (TPSA) is 72.8 Å². The number of rotatable bonds is 10. The fourth-order valence-electron chi connectivity index (χ4n) is 2.53. The van der Waals surface area contributed by atoms with E-state index in [1.54, 1.807) is 0 Å². The molecule has 1 heterocycles. The summed E-state index contributed by atoms with van der Waals surface area (Å²) in [5.41, 5.74) is 2.27. The minimum Gasteiger partial charge on any atom is -0.481 e. The van der Waals surface area contributed by atoms with E-state index >= 15 is 0 Å². The largest absolute Gasteiger partial charge is 0.481 e. The van der Waals surface area contributed by atoms with Crippen molar-refractivity contribution in [1.82, 2.24) is 0 Å². The first-order valence-corrected chi connectivity index (χ1v) is 8.68. The Labute approximate surface area is 144 Å². The van der Waals surface area contributed by atoms with Gasteiger partial charge < -0.3 is 14.6 Å². The van der Waals surface area contributed by atoms with Gasteiger partial charge >= 0.3 is 5.97 Å². The average molecular weight is 338 g/mol. The number of carbonyl (C=O) groups excluding carboxylic acids is 1. The van der Waals surface area contributed by atoms with Gasteiger partial charge in [-0.1, -0.05) is 23.3 Å². The van der Waals surface area contributed by atoms with E-state index in [1.807, 2.05) is 19.9 Å². The van der Waals surface area contributed by atoms with Crippen LogP contribution in [0.3, 0.4) is 0 Å². The van der Waals surface area contributed by atoms with Crippen molar-refractivity contribution in [3.05, 3.63) is 23.3 Å². The lowest BCUT2D eigenvalue weighted by molar-refractivity contribution is -0.156. The van der Waals surface area contributed by atoms with Crippen LogP contribution in [0, 0.1) is 5.92 Å². The summed E-state index contributed by atoms with van der Waals surface area (Å²) in [6.45, 7) is 6.70. The lowest BCUT2D eigenvalue weighted by Crippen LogP contribution is -2.22. The molecule has 0 radical (unpaired) electrons. The van der Waals surface area contributed by atoms with Gasteiger partial charge in [0.15, 0.2) is 6.29 Å². The van der Waals surface area contributed by atoms with Crippen molar-refractivity contribution in [2.24, 2.45) is 5.92 Å². The summed E-state index contributed by atoms with van der Waals surface area (Å²) in [4.78, 5) is 22.2. The van der Waals surface area contributed by atoms with Crippen LogP contribution in [0.2, 0.25) is 0 Å². The number of hydrogen-bond donors (Lipinski definition) is 1. The first-order valence-electron chi connectivity index (χ1n) is 8.68. The molecule has 1 aliphatic rings. The molecule has 1 fully saturated rings. The molecule has 0 spiro atoms. The number of hydrogen-bond acceptors (Lipinski definition) is 4. The zero-order valence-electron chi connectivity index (χ0n) is 15.0. The highest BCUT2D eigenvalue weighted by Gasteiger charge is 2.20. The summed E-state index contributed by atoms with van der Waals surface area (Å²) in [6, 6.07) is 0. The normalized spacial score (nSPS) is 20.7. The second kappa shape index (κ2) is 11.2. The fraction of sp³-hybridized carbons (Fsp3) is 0.684. The first kappa shape index (κ1) is 20.6. The zero-order chi connectivity index (χ0) is 17.9. The monoisotopic (exact) mass is 338 g/mol. The highest BCUT2D eigenvalue weighted by molar-refractivity contribution is 5.96. The van der Waals surface area contributed by atoms with E-state index in [0.717, 1.165) is 44.3 Å². The summed E-state index contributed by atoms with van der Waals surface area (Å²) in [5, 5.41) is 8.99. The molecule has 1 rings (SSSR count). The predicted octanol–water partition coefficient (Wildman–Crippen LogP) is 3.88. The predicted molar refractivity (Wildman–Crippen MR) is 92.7 cm³/mol. The van der Waals surface area contributed by atoms with Crippen LogP contribution in [0.1, 0.15) is 59.3 Å².